The average Bonchev–Trinajstić information content (AvgIpc) is 2.90. The number of benzene rings is 1. The zero-order valence-corrected chi connectivity index (χ0v) is 14.1. The number of rotatable bonds is 4. The van der Waals surface area contributed by atoms with Crippen molar-refractivity contribution in [1.29, 1.82) is 0 Å². The summed E-state index contributed by atoms with van der Waals surface area (Å²) in [5.41, 5.74) is 0.534. The summed E-state index contributed by atoms with van der Waals surface area (Å²) in [6, 6.07) is 3.32. The fourth-order valence-electron chi connectivity index (χ4n) is 2.39. The Labute approximate surface area is 136 Å². The second-order valence-electron chi connectivity index (χ2n) is 5.34. The van der Waals surface area contributed by atoms with Crippen LogP contribution in [-0.2, 0) is 14.6 Å². The Balaban J connectivity index is 0.00000242. The topological polar surface area (TPSA) is 75.3 Å². The first-order chi connectivity index (χ1) is 9.79. The lowest BCUT2D eigenvalue weighted by molar-refractivity contribution is -0.123. The molecule has 0 radical (unpaired) electrons. The van der Waals surface area contributed by atoms with Gasteiger partial charge in [-0.2, -0.15) is 0 Å². The molecule has 0 bridgehead atoms. The standard InChI is InChI=1S/C14H19FN2O3S.ClH/c1-9(17-14(18)12-4-3-7-16-12)10-5-6-13(11(15)8-10)21(2,19)20;/h5-6,8-9,12,16H,3-4,7H2,1-2H3,(H,17,18);1H. The first-order valence-electron chi connectivity index (χ1n) is 6.82. The van der Waals surface area contributed by atoms with E-state index in [4.69, 9.17) is 0 Å². The maximum absolute atomic E-state index is 13.8. The second kappa shape index (κ2) is 7.39. The van der Waals surface area contributed by atoms with Crippen LogP contribution in [0.3, 0.4) is 0 Å². The Kier molecular flexibility index (Phi) is 6.34. The van der Waals surface area contributed by atoms with E-state index in [0.29, 0.717) is 5.56 Å². The van der Waals surface area contributed by atoms with Gasteiger partial charge in [0.25, 0.3) is 0 Å². The van der Waals surface area contributed by atoms with Gasteiger partial charge in [-0.25, -0.2) is 12.8 Å². The van der Waals surface area contributed by atoms with Crippen molar-refractivity contribution in [2.75, 3.05) is 12.8 Å². The van der Waals surface area contributed by atoms with Crippen LogP contribution < -0.4 is 10.6 Å². The predicted octanol–water partition coefficient (Wildman–Crippen LogP) is 1.58. The molecule has 2 atom stereocenters. The third-order valence-electron chi connectivity index (χ3n) is 3.59. The van der Waals surface area contributed by atoms with E-state index in [-0.39, 0.29) is 35.3 Å². The van der Waals surface area contributed by atoms with E-state index in [2.05, 4.69) is 10.6 Å². The maximum atomic E-state index is 13.8. The quantitative estimate of drug-likeness (QED) is 0.864. The van der Waals surface area contributed by atoms with Gasteiger partial charge >= 0.3 is 0 Å². The number of nitrogens with one attached hydrogen (secondary N) is 2. The number of amides is 1. The van der Waals surface area contributed by atoms with Crippen LogP contribution in [0, 0.1) is 5.82 Å². The molecule has 22 heavy (non-hydrogen) atoms. The highest BCUT2D eigenvalue weighted by atomic mass is 35.5. The Bertz CT molecular complexity index is 645. The molecule has 0 aromatic heterocycles. The van der Waals surface area contributed by atoms with Crippen LogP contribution in [-0.4, -0.2) is 33.2 Å². The highest BCUT2D eigenvalue weighted by Crippen LogP contribution is 2.20. The largest absolute Gasteiger partial charge is 0.348 e. The molecule has 8 heteroatoms. The highest BCUT2D eigenvalue weighted by molar-refractivity contribution is 7.90. The molecule has 1 aromatic rings. The minimum Gasteiger partial charge on any atom is -0.348 e. The molecule has 1 amide bonds. The zero-order chi connectivity index (χ0) is 15.6. The molecule has 2 rings (SSSR count). The van der Waals surface area contributed by atoms with Gasteiger partial charge in [-0.3, -0.25) is 4.79 Å². The fraction of sp³-hybridized carbons (Fsp3) is 0.500. The third kappa shape index (κ3) is 4.41. The number of sulfone groups is 1. The molecule has 1 aliphatic heterocycles. The van der Waals surface area contributed by atoms with E-state index >= 15 is 0 Å². The Morgan fingerprint density at radius 1 is 1.45 bits per heavy atom. The van der Waals surface area contributed by atoms with Gasteiger partial charge in [0, 0.05) is 6.26 Å². The third-order valence-corrected chi connectivity index (χ3v) is 4.72. The molecule has 1 heterocycles. The minimum atomic E-state index is -3.58. The molecular formula is C14H20ClFN2O3S. The van der Waals surface area contributed by atoms with Gasteiger partial charge in [0.2, 0.25) is 5.91 Å². The zero-order valence-electron chi connectivity index (χ0n) is 12.4. The molecule has 0 saturated carbocycles. The van der Waals surface area contributed by atoms with Crippen molar-refractivity contribution in [3.63, 3.8) is 0 Å². The molecule has 2 unspecified atom stereocenters. The lowest BCUT2D eigenvalue weighted by atomic mass is 10.1. The van der Waals surface area contributed by atoms with E-state index in [1.165, 1.54) is 12.1 Å². The van der Waals surface area contributed by atoms with E-state index in [0.717, 1.165) is 31.7 Å². The van der Waals surface area contributed by atoms with E-state index in [1.54, 1.807) is 6.92 Å². The van der Waals surface area contributed by atoms with Crippen LogP contribution in [0.15, 0.2) is 23.1 Å². The first-order valence-corrected chi connectivity index (χ1v) is 8.71. The number of halogens is 2. The second-order valence-corrected chi connectivity index (χ2v) is 7.33. The van der Waals surface area contributed by atoms with Crippen LogP contribution in [0.25, 0.3) is 0 Å². The van der Waals surface area contributed by atoms with Gasteiger partial charge in [0.1, 0.15) is 10.7 Å². The number of carbonyl (C=O) groups is 1. The number of hydrogen-bond donors (Lipinski definition) is 2. The summed E-state index contributed by atoms with van der Waals surface area (Å²) in [5, 5.41) is 5.89. The fourth-order valence-corrected chi connectivity index (χ4v) is 3.12. The monoisotopic (exact) mass is 350 g/mol. The molecule has 2 N–H and O–H groups in total. The van der Waals surface area contributed by atoms with Crippen LogP contribution in [0.2, 0.25) is 0 Å². The summed E-state index contributed by atoms with van der Waals surface area (Å²) in [5.74, 6) is -0.914. The van der Waals surface area contributed by atoms with Gasteiger partial charge in [-0.1, -0.05) is 6.07 Å². The van der Waals surface area contributed by atoms with Crippen molar-refractivity contribution >= 4 is 28.2 Å². The van der Waals surface area contributed by atoms with Gasteiger partial charge in [0.05, 0.1) is 12.1 Å². The van der Waals surface area contributed by atoms with Crippen molar-refractivity contribution in [2.24, 2.45) is 0 Å². The molecule has 5 nitrogen and oxygen atoms in total. The smallest absolute Gasteiger partial charge is 0.237 e. The van der Waals surface area contributed by atoms with Gasteiger partial charge in [-0.15, -0.1) is 12.4 Å². The normalized spacial score (nSPS) is 19.3. The molecule has 1 aliphatic rings. The molecule has 124 valence electrons. The number of carbonyl (C=O) groups excluding carboxylic acids is 1. The molecular weight excluding hydrogens is 331 g/mol. The predicted molar refractivity (Wildman–Crippen MR) is 84.3 cm³/mol. The van der Waals surface area contributed by atoms with Crippen molar-refractivity contribution in [1.82, 2.24) is 10.6 Å². The summed E-state index contributed by atoms with van der Waals surface area (Å²) in [7, 11) is -3.58. The number of hydrogen-bond acceptors (Lipinski definition) is 4. The van der Waals surface area contributed by atoms with E-state index in [9.17, 15) is 17.6 Å². The highest BCUT2D eigenvalue weighted by Gasteiger charge is 2.24. The minimum absolute atomic E-state index is 0. The van der Waals surface area contributed by atoms with Crippen molar-refractivity contribution in [3.05, 3.63) is 29.6 Å². The average molecular weight is 351 g/mol. The molecule has 1 aromatic carbocycles. The Hall–Kier alpha value is -1.18. The van der Waals surface area contributed by atoms with Crippen LogP contribution in [0.1, 0.15) is 31.4 Å². The lowest BCUT2D eigenvalue weighted by Gasteiger charge is -2.18. The molecule has 0 spiro atoms. The maximum Gasteiger partial charge on any atom is 0.237 e. The Morgan fingerprint density at radius 2 is 2.14 bits per heavy atom. The first kappa shape index (κ1) is 18.9. The van der Waals surface area contributed by atoms with Crippen LogP contribution in [0.5, 0.6) is 0 Å². The Morgan fingerprint density at radius 3 is 2.64 bits per heavy atom. The lowest BCUT2D eigenvalue weighted by Crippen LogP contribution is -2.41. The molecule has 0 aliphatic carbocycles. The summed E-state index contributed by atoms with van der Waals surface area (Å²) >= 11 is 0. The van der Waals surface area contributed by atoms with E-state index in [1.807, 2.05) is 0 Å². The SMILES string of the molecule is CC(NC(=O)C1CCCN1)c1ccc(S(C)(=O)=O)c(F)c1.Cl. The van der Waals surface area contributed by atoms with Crippen LogP contribution >= 0.6 is 12.4 Å². The summed E-state index contributed by atoms with van der Waals surface area (Å²) in [6.07, 6.45) is 2.71. The molecule has 1 fully saturated rings. The van der Waals surface area contributed by atoms with Crippen molar-refractivity contribution in [2.45, 2.75) is 36.7 Å². The van der Waals surface area contributed by atoms with E-state index < -0.39 is 15.7 Å². The summed E-state index contributed by atoms with van der Waals surface area (Å²) in [6.45, 7) is 2.56. The summed E-state index contributed by atoms with van der Waals surface area (Å²) < 4.78 is 36.6. The van der Waals surface area contributed by atoms with Crippen LogP contribution in [0.4, 0.5) is 4.39 Å². The molecule has 1 saturated heterocycles. The van der Waals surface area contributed by atoms with Gasteiger partial charge in [0.15, 0.2) is 9.84 Å². The van der Waals surface area contributed by atoms with Gasteiger partial charge in [-0.05, 0) is 44.0 Å². The van der Waals surface area contributed by atoms with Crippen molar-refractivity contribution in [3.8, 4) is 0 Å². The van der Waals surface area contributed by atoms with Gasteiger partial charge < -0.3 is 10.6 Å². The van der Waals surface area contributed by atoms with Crippen molar-refractivity contribution < 1.29 is 17.6 Å². The summed E-state index contributed by atoms with van der Waals surface area (Å²) in [4.78, 5) is 11.6.